The highest BCUT2D eigenvalue weighted by Crippen LogP contribution is 2.28. The second-order valence-corrected chi connectivity index (χ2v) is 6.49. The first-order chi connectivity index (χ1) is 11.1. The summed E-state index contributed by atoms with van der Waals surface area (Å²) in [6.07, 6.45) is 0.736. The Labute approximate surface area is 142 Å². The molecule has 0 saturated heterocycles. The third kappa shape index (κ3) is 3.64. The molecule has 118 valence electrons. The molecular formula is C17H14ClNO3S. The third-order valence-corrected chi connectivity index (χ3v) is 4.77. The van der Waals surface area contributed by atoms with Crippen LogP contribution in [0.1, 0.15) is 32.0 Å². The minimum atomic E-state index is -0.789. The molecule has 3 aromatic rings. The van der Waals surface area contributed by atoms with Crippen LogP contribution in [0.15, 0.2) is 59.2 Å². The van der Waals surface area contributed by atoms with Gasteiger partial charge in [0, 0.05) is 9.75 Å². The molecule has 3 rings (SSSR count). The zero-order chi connectivity index (χ0) is 16.2. The van der Waals surface area contributed by atoms with E-state index in [0.717, 1.165) is 9.75 Å². The summed E-state index contributed by atoms with van der Waals surface area (Å²) in [5.41, 5.74) is 0.446. The lowest BCUT2D eigenvalue weighted by Crippen LogP contribution is -2.22. The van der Waals surface area contributed by atoms with Crippen molar-refractivity contribution >= 4 is 28.8 Å². The summed E-state index contributed by atoms with van der Waals surface area (Å²) in [5, 5.41) is 13.4. The van der Waals surface area contributed by atoms with E-state index in [1.165, 1.54) is 17.6 Å². The molecule has 0 radical (unpaired) electrons. The Morgan fingerprint density at radius 2 is 2.04 bits per heavy atom. The number of rotatable bonds is 5. The first-order valence-corrected chi connectivity index (χ1v) is 8.17. The van der Waals surface area contributed by atoms with Crippen molar-refractivity contribution in [1.29, 1.82) is 0 Å². The van der Waals surface area contributed by atoms with Gasteiger partial charge in [0.2, 0.25) is 0 Å². The summed E-state index contributed by atoms with van der Waals surface area (Å²) >= 11 is 7.42. The number of furan rings is 1. The fourth-order valence-electron chi connectivity index (χ4n) is 2.13. The molecule has 23 heavy (non-hydrogen) atoms. The number of aliphatic hydroxyl groups is 1. The van der Waals surface area contributed by atoms with Gasteiger partial charge < -0.3 is 14.8 Å². The molecule has 2 heterocycles. The van der Waals surface area contributed by atoms with Gasteiger partial charge >= 0.3 is 0 Å². The Balaban J connectivity index is 1.64. The smallest absolute Gasteiger partial charge is 0.253 e. The van der Waals surface area contributed by atoms with Crippen molar-refractivity contribution in [2.24, 2.45) is 0 Å². The van der Waals surface area contributed by atoms with Crippen LogP contribution in [0.3, 0.4) is 0 Å². The van der Waals surface area contributed by atoms with E-state index in [0.29, 0.717) is 22.9 Å². The van der Waals surface area contributed by atoms with E-state index < -0.39 is 6.10 Å². The molecule has 0 fully saturated rings. The first-order valence-electron chi connectivity index (χ1n) is 6.98. The Hall–Kier alpha value is -2.08. The van der Waals surface area contributed by atoms with Crippen molar-refractivity contribution in [2.75, 3.05) is 0 Å². The highest BCUT2D eigenvalue weighted by Gasteiger charge is 2.16. The number of halogens is 1. The van der Waals surface area contributed by atoms with Crippen LogP contribution in [0, 0.1) is 0 Å². The van der Waals surface area contributed by atoms with Crippen LogP contribution in [-0.2, 0) is 6.54 Å². The molecule has 1 amide bonds. The summed E-state index contributed by atoms with van der Waals surface area (Å²) < 4.78 is 5.20. The standard InChI is InChI=1S/C17H14ClNO3S/c18-13-5-2-1-4-12(13)17(21)19-10-11-7-8-15(23-11)16(20)14-6-3-9-22-14/h1-9,16,20H,10H2,(H,19,21). The van der Waals surface area contributed by atoms with Gasteiger partial charge in [-0.1, -0.05) is 23.7 Å². The van der Waals surface area contributed by atoms with Crippen molar-refractivity contribution < 1.29 is 14.3 Å². The fourth-order valence-corrected chi connectivity index (χ4v) is 3.30. The van der Waals surface area contributed by atoms with Crippen molar-refractivity contribution in [1.82, 2.24) is 5.32 Å². The van der Waals surface area contributed by atoms with Crippen LogP contribution in [0.25, 0.3) is 0 Å². The monoisotopic (exact) mass is 347 g/mol. The summed E-state index contributed by atoms with van der Waals surface area (Å²) in [4.78, 5) is 13.8. The molecule has 1 unspecified atom stereocenters. The number of hydrogen-bond donors (Lipinski definition) is 2. The van der Waals surface area contributed by atoms with E-state index in [2.05, 4.69) is 5.32 Å². The predicted molar refractivity (Wildman–Crippen MR) is 89.7 cm³/mol. The molecule has 0 saturated carbocycles. The Kier molecular flexibility index (Phi) is 4.81. The van der Waals surface area contributed by atoms with Crippen molar-refractivity contribution in [3.05, 3.63) is 80.9 Å². The molecule has 0 bridgehead atoms. The third-order valence-electron chi connectivity index (χ3n) is 3.31. The first kappa shape index (κ1) is 15.8. The quantitative estimate of drug-likeness (QED) is 0.733. The lowest BCUT2D eigenvalue weighted by Gasteiger charge is -2.06. The van der Waals surface area contributed by atoms with E-state index in [4.69, 9.17) is 16.0 Å². The topological polar surface area (TPSA) is 62.5 Å². The fraction of sp³-hybridized carbons (Fsp3) is 0.118. The maximum atomic E-state index is 12.1. The molecule has 1 aromatic carbocycles. The second kappa shape index (κ2) is 7.00. The zero-order valence-corrected chi connectivity index (χ0v) is 13.6. The van der Waals surface area contributed by atoms with Gasteiger partial charge in [0.15, 0.2) is 0 Å². The number of aliphatic hydroxyl groups excluding tert-OH is 1. The SMILES string of the molecule is O=C(NCc1ccc(C(O)c2ccco2)s1)c1ccccc1Cl. The van der Waals surface area contributed by atoms with E-state index in [-0.39, 0.29) is 5.91 Å². The minimum Gasteiger partial charge on any atom is -0.466 e. The molecule has 2 N–H and O–H groups in total. The maximum Gasteiger partial charge on any atom is 0.253 e. The van der Waals surface area contributed by atoms with Crippen LogP contribution >= 0.6 is 22.9 Å². The van der Waals surface area contributed by atoms with Gasteiger partial charge in [-0.3, -0.25) is 4.79 Å². The highest BCUT2D eigenvalue weighted by atomic mass is 35.5. The van der Waals surface area contributed by atoms with Gasteiger partial charge in [-0.05, 0) is 36.4 Å². The number of benzene rings is 1. The Morgan fingerprint density at radius 3 is 2.78 bits per heavy atom. The largest absolute Gasteiger partial charge is 0.466 e. The molecule has 0 aliphatic heterocycles. The van der Waals surface area contributed by atoms with E-state index in [1.54, 1.807) is 36.4 Å². The maximum absolute atomic E-state index is 12.1. The van der Waals surface area contributed by atoms with E-state index >= 15 is 0 Å². The molecule has 4 nitrogen and oxygen atoms in total. The average Bonchev–Trinajstić information content (AvgIpc) is 3.24. The van der Waals surface area contributed by atoms with Gasteiger partial charge in [0.25, 0.3) is 5.91 Å². The van der Waals surface area contributed by atoms with Crippen LogP contribution in [-0.4, -0.2) is 11.0 Å². The summed E-state index contributed by atoms with van der Waals surface area (Å²) in [7, 11) is 0. The molecule has 2 aromatic heterocycles. The number of thiophene rings is 1. The lowest BCUT2D eigenvalue weighted by atomic mass is 10.2. The summed E-state index contributed by atoms with van der Waals surface area (Å²) in [6, 6.07) is 14.1. The van der Waals surface area contributed by atoms with Crippen LogP contribution < -0.4 is 5.32 Å². The molecule has 0 aliphatic carbocycles. The van der Waals surface area contributed by atoms with Gasteiger partial charge in [-0.15, -0.1) is 11.3 Å². The van der Waals surface area contributed by atoms with Gasteiger partial charge in [0.05, 0.1) is 23.4 Å². The molecule has 0 spiro atoms. The average molecular weight is 348 g/mol. The predicted octanol–water partition coefficient (Wildman–Crippen LogP) is 4.01. The minimum absolute atomic E-state index is 0.225. The van der Waals surface area contributed by atoms with Crippen LogP contribution in [0.5, 0.6) is 0 Å². The highest BCUT2D eigenvalue weighted by molar-refractivity contribution is 7.12. The lowest BCUT2D eigenvalue weighted by molar-refractivity contribution is 0.0951. The second-order valence-electron chi connectivity index (χ2n) is 4.88. The summed E-state index contributed by atoms with van der Waals surface area (Å²) in [6.45, 7) is 0.375. The zero-order valence-electron chi connectivity index (χ0n) is 12.0. The molecule has 0 aliphatic rings. The Bertz CT molecular complexity index is 798. The summed E-state index contributed by atoms with van der Waals surface area (Å²) in [5.74, 6) is 0.274. The van der Waals surface area contributed by atoms with Gasteiger partial charge in [-0.2, -0.15) is 0 Å². The van der Waals surface area contributed by atoms with Crippen molar-refractivity contribution in [3.63, 3.8) is 0 Å². The molecular weight excluding hydrogens is 334 g/mol. The number of carbonyl (C=O) groups excluding carboxylic acids is 1. The molecule has 1 atom stereocenters. The number of amides is 1. The van der Waals surface area contributed by atoms with Gasteiger partial charge in [-0.25, -0.2) is 0 Å². The van der Waals surface area contributed by atoms with E-state index in [9.17, 15) is 9.90 Å². The van der Waals surface area contributed by atoms with Crippen molar-refractivity contribution in [2.45, 2.75) is 12.6 Å². The normalized spacial score (nSPS) is 12.1. The number of nitrogens with one attached hydrogen (secondary N) is 1. The molecule has 6 heteroatoms. The number of carbonyl (C=O) groups is 1. The van der Waals surface area contributed by atoms with Crippen LogP contribution in [0.4, 0.5) is 0 Å². The van der Waals surface area contributed by atoms with Crippen LogP contribution in [0.2, 0.25) is 5.02 Å². The number of hydrogen-bond acceptors (Lipinski definition) is 4. The Morgan fingerprint density at radius 1 is 1.22 bits per heavy atom. The van der Waals surface area contributed by atoms with Crippen molar-refractivity contribution in [3.8, 4) is 0 Å². The van der Waals surface area contributed by atoms with E-state index in [1.807, 2.05) is 12.1 Å². The van der Waals surface area contributed by atoms with Gasteiger partial charge in [0.1, 0.15) is 11.9 Å².